The zero-order valence-electron chi connectivity index (χ0n) is 18.9. The van der Waals surface area contributed by atoms with Gasteiger partial charge in [-0.15, -0.1) is 13.2 Å². The fourth-order valence-electron chi connectivity index (χ4n) is 6.13. The van der Waals surface area contributed by atoms with E-state index >= 15 is 0 Å². The quantitative estimate of drug-likeness (QED) is 0.579. The molecule has 4 saturated carbocycles. The molecule has 0 spiro atoms. The van der Waals surface area contributed by atoms with E-state index in [1.165, 1.54) is 6.20 Å². The molecule has 0 radical (unpaired) electrons. The number of aliphatic hydroxyl groups excluding tert-OH is 1. The molecule has 7 nitrogen and oxygen atoms in total. The molecule has 3 heterocycles. The Labute approximate surface area is 198 Å². The van der Waals surface area contributed by atoms with Crippen LogP contribution in [0.2, 0.25) is 0 Å². The maximum Gasteiger partial charge on any atom is 0.573 e. The van der Waals surface area contributed by atoms with Crippen molar-refractivity contribution in [3.8, 4) is 17.0 Å². The van der Waals surface area contributed by atoms with Gasteiger partial charge in [0.05, 0.1) is 11.2 Å². The van der Waals surface area contributed by atoms with Gasteiger partial charge in [0, 0.05) is 49.4 Å². The minimum Gasteiger partial charge on any atom is -0.402 e. The molecule has 2 aromatic heterocycles. The molecule has 1 saturated heterocycles. The Morgan fingerprint density at radius 3 is 2.37 bits per heavy atom. The van der Waals surface area contributed by atoms with Crippen molar-refractivity contribution >= 4 is 5.82 Å². The summed E-state index contributed by atoms with van der Waals surface area (Å²) in [4.78, 5) is 10.6. The van der Waals surface area contributed by atoms with Gasteiger partial charge < -0.3 is 20.1 Å². The first-order chi connectivity index (χ1) is 16.4. The Hall–Kier alpha value is -2.47. The normalized spacial score (nSPS) is 30.9. The van der Waals surface area contributed by atoms with E-state index in [4.69, 9.17) is 5.73 Å². The van der Waals surface area contributed by atoms with Gasteiger partial charge in [-0.05, 0) is 44.1 Å². The molecule has 0 aromatic carbocycles. The van der Waals surface area contributed by atoms with E-state index in [-0.39, 0.29) is 29.8 Å². The lowest BCUT2D eigenvalue weighted by Crippen LogP contribution is -2.79. The van der Waals surface area contributed by atoms with Crippen LogP contribution in [0.1, 0.15) is 56.9 Å². The number of aliphatic hydroxyl groups is 1. The van der Waals surface area contributed by atoms with Crippen molar-refractivity contribution in [3.05, 3.63) is 24.3 Å². The number of nitrogens with two attached hydrogens (primary N) is 1. The smallest absolute Gasteiger partial charge is 0.402 e. The van der Waals surface area contributed by atoms with Crippen LogP contribution >= 0.6 is 0 Å². The van der Waals surface area contributed by atoms with Crippen LogP contribution in [-0.4, -0.2) is 55.5 Å². The second kappa shape index (κ2) is 7.28. The molecule has 1 aliphatic heterocycles. The zero-order valence-corrected chi connectivity index (χ0v) is 18.9. The van der Waals surface area contributed by atoms with Crippen LogP contribution in [-0.2, 0) is 5.54 Å². The number of hydrogen-bond acceptors (Lipinski definition) is 6. The van der Waals surface area contributed by atoms with Crippen LogP contribution in [0.25, 0.3) is 11.3 Å². The van der Waals surface area contributed by atoms with E-state index in [0.717, 1.165) is 38.2 Å². The molecule has 3 N–H and O–H groups in total. The number of piperidine rings is 1. The van der Waals surface area contributed by atoms with E-state index in [1.54, 1.807) is 6.20 Å². The summed E-state index contributed by atoms with van der Waals surface area (Å²) in [5, 5.41) is 10.9. The molecule has 2 bridgehead atoms. The molecule has 5 aliphatic rings. The lowest BCUT2D eigenvalue weighted by atomic mass is 9.43. The third kappa shape index (κ3) is 3.85. The second-order valence-electron chi connectivity index (χ2n) is 10.6. The lowest BCUT2D eigenvalue weighted by molar-refractivity contribution is -0.274. The molecular weight excluding hydrogens is 473 g/mol. The van der Waals surface area contributed by atoms with E-state index in [1.807, 2.05) is 4.57 Å². The summed E-state index contributed by atoms with van der Waals surface area (Å²) in [6, 6.07) is 1.15. The van der Waals surface area contributed by atoms with Gasteiger partial charge in [-0.1, -0.05) is 0 Å². The molecule has 2 aromatic rings. The topological polar surface area (TPSA) is 89.4 Å². The number of halogens is 5. The Morgan fingerprint density at radius 2 is 1.77 bits per heavy atom. The summed E-state index contributed by atoms with van der Waals surface area (Å²) in [6.07, 6.45) is 1.20. The number of nitrogens with zero attached hydrogens (tertiary/aromatic N) is 4. The van der Waals surface area contributed by atoms with Crippen molar-refractivity contribution in [2.45, 2.75) is 74.4 Å². The fourth-order valence-corrected chi connectivity index (χ4v) is 6.13. The van der Waals surface area contributed by atoms with E-state index in [2.05, 4.69) is 19.6 Å². The minimum absolute atomic E-state index is 0.0980. The van der Waals surface area contributed by atoms with Crippen molar-refractivity contribution in [1.29, 1.82) is 0 Å². The third-order valence-corrected chi connectivity index (χ3v) is 8.12. The van der Waals surface area contributed by atoms with Crippen molar-refractivity contribution < 1.29 is 31.8 Å². The van der Waals surface area contributed by atoms with Crippen LogP contribution < -0.4 is 10.5 Å². The van der Waals surface area contributed by atoms with Gasteiger partial charge in [-0.3, -0.25) is 4.90 Å². The first-order valence-corrected chi connectivity index (χ1v) is 11.8. The molecule has 1 atom stereocenters. The Bertz CT molecular complexity index is 1130. The SMILES string of the molecule is Nc1ncc(-c2cn(C34CC(N5CCC(F)(F)CC5)(C3)C4)c(C(O)C3CC3)n2)cc1OC(F)(F)F. The summed E-state index contributed by atoms with van der Waals surface area (Å²) >= 11 is 0. The Kier molecular flexibility index (Phi) is 4.78. The van der Waals surface area contributed by atoms with E-state index in [0.29, 0.717) is 30.2 Å². The predicted octanol–water partition coefficient (Wildman–Crippen LogP) is 4.23. The van der Waals surface area contributed by atoms with Gasteiger partial charge in [0.2, 0.25) is 0 Å². The highest BCUT2D eigenvalue weighted by Gasteiger charge is 2.72. The first kappa shape index (κ1) is 23.0. The molecule has 190 valence electrons. The van der Waals surface area contributed by atoms with Crippen LogP contribution in [0.15, 0.2) is 18.5 Å². The number of rotatable bonds is 6. The summed E-state index contributed by atoms with van der Waals surface area (Å²) < 4.78 is 71.5. The third-order valence-electron chi connectivity index (χ3n) is 8.12. The highest BCUT2D eigenvalue weighted by Crippen LogP contribution is 2.69. The molecule has 0 amide bonds. The van der Waals surface area contributed by atoms with Gasteiger partial charge in [0.25, 0.3) is 5.92 Å². The fraction of sp³-hybridized carbons (Fsp3) is 0.652. The molecule has 7 rings (SSSR count). The van der Waals surface area contributed by atoms with Gasteiger partial charge in [-0.2, -0.15) is 0 Å². The molecule has 5 fully saturated rings. The van der Waals surface area contributed by atoms with Crippen LogP contribution in [0.3, 0.4) is 0 Å². The summed E-state index contributed by atoms with van der Waals surface area (Å²) in [5.41, 5.74) is 5.85. The maximum absolute atomic E-state index is 13.6. The van der Waals surface area contributed by atoms with Gasteiger partial charge in [-0.25, -0.2) is 18.7 Å². The number of imidazole rings is 1. The Morgan fingerprint density at radius 1 is 1.11 bits per heavy atom. The van der Waals surface area contributed by atoms with Crippen LogP contribution in [0, 0.1) is 5.92 Å². The van der Waals surface area contributed by atoms with Crippen LogP contribution in [0.4, 0.5) is 27.8 Å². The highest BCUT2D eigenvalue weighted by atomic mass is 19.4. The first-order valence-electron chi connectivity index (χ1n) is 11.8. The van der Waals surface area contributed by atoms with Crippen molar-refractivity contribution in [2.75, 3.05) is 18.8 Å². The van der Waals surface area contributed by atoms with Crippen LogP contribution in [0.5, 0.6) is 5.75 Å². The van der Waals surface area contributed by atoms with Crippen molar-refractivity contribution in [3.63, 3.8) is 0 Å². The highest BCUT2D eigenvalue weighted by molar-refractivity contribution is 5.64. The molecule has 12 heteroatoms. The second-order valence-corrected chi connectivity index (χ2v) is 10.6. The summed E-state index contributed by atoms with van der Waals surface area (Å²) in [7, 11) is 0. The number of hydrogen-bond donors (Lipinski definition) is 2. The van der Waals surface area contributed by atoms with Crippen molar-refractivity contribution in [1.82, 2.24) is 19.4 Å². The van der Waals surface area contributed by atoms with E-state index < -0.39 is 30.0 Å². The average molecular weight is 499 g/mol. The Balaban J connectivity index is 1.28. The minimum atomic E-state index is -4.92. The zero-order chi connectivity index (χ0) is 24.8. The van der Waals surface area contributed by atoms with Gasteiger partial charge in [0.1, 0.15) is 11.9 Å². The predicted molar refractivity (Wildman–Crippen MR) is 115 cm³/mol. The summed E-state index contributed by atoms with van der Waals surface area (Å²) in [6.45, 7) is 0.740. The lowest BCUT2D eigenvalue weighted by Gasteiger charge is -2.75. The molecule has 4 aliphatic carbocycles. The molecule has 1 unspecified atom stereocenters. The van der Waals surface area contributed by atoms with Gasteiger partial charge >= 0.3 is 6.36 Å². The summed E-state index contributed by atoms with van der Waals surface area (Å²) in [5.74, 6) is -3.02. The number of ether oxygens (including phenoxy) is 1. The molecule has 35 heavy (non-hydrogen) atoms. The van der Waals surface area contributed by atoms with Crippen molar-refractivity contribution in [2.24, 2.45) is 5.92 Å². The number of nitrogen functional groups attached to an aromatic ring is 1. The number of likely N-dealkylation sites (tertiary alicyclic amines) is 1. The number of aromatic nitrogens is 3. The number of alkyl halides is 5. The maximum atomic E-state index is 13.6. The largest absolute Gasteiger partial charge is 0.573 e. The average Bonchev–Trinajstić information content (AvgIpc) is 3.47. The van der Waals surface area contributed by atoms with Gasteiger partial charge in [0.15, 0.2) is 11.6 Å². The molecular formula is C23H26F5N5O2. The monoisotopic (exact) mass is 499 g/mol. The number of pyridine rings is 1. The standard InChI is InChI=1S/C23H26F5N5O2/c24-22(25)3-5-32(6-4-22)20-10-21(11-20,12-20)33-9-15(31-19(33)17(34)13-1-2-13)14-7-16(18(29)30-8-14)35-23(26,27)28/h7-9,13,17,34H,1-6,10-12H2,(H2,29,30). The van der Waals surface area contributed by atoms with E-state index in [9.17, 15) is 27.1 Å². The number of anilines is 1.